The Morgan fingerprint density at radius 1 is 0.950 bits per heavy atom. The van der Waals surface area contributed by atoms with Gasteiger partial charge in [0.1, 0.15) is 0 Å². The van der Waals surface area contributed by atoms with Crippen molar-refractivity contribution in [2.75, 3.05) is 0 Å². The molecule has 0 amide bonds. The van der Waals surface area contributed by atoms with E-state index in [1.165, 1.54) is 16.7 Å². The smallest absolute Gasteiger partial charge is 0 e. The first-order valence-electron chi connectivity index (χ1n) is 6.57. The van der Waals surface area contributed by atoms with Gasteiger partial charge in [-0.1, -0.05) is 74.9 Å². The predicted octanol–water partition coefficient (Wildman–Crippen LogP) is 4.40. The summed E-state index contributed by atoms with van der Waals surface area (Å²) in [4.78, 5) is 0. The van der Waals surface area contributed by atoms with Crippen LogP contribution in [0.4, 0.5) is 0 Å². The maximum absolute atomic E-state index is 5.26. The van der Waals surface area contributed by atoms with Crippen LogP contribution < -0.4 is 5.84 Å². The van der Waals surface area contributed by atoms with Gasteiger partial charge in [-0.15, -0.1) is 6.54 Å². The summed E-state index contributed by atoms with van der Waals surface area (Å²) in [6, 6.07) is 17.1. The average molecular weight is 342 g/mol. The molecule has 0 aliphatic rings. The van der Waals surface area contributed by atoms with Gasteiger partial charge in [0.2, 0.25) is 0 Å². The number of nitrogens with zero attached hydrogens (tertiary/aromatic N) is 1. The zero-order chi connectivity index (χ0) is 13.9. The number of benzene rings is 2. The predicted molar refractivity (Wildman–Crippen MR) is 81.8 cm³/mol. The monoisotopic (exact) mass is 342 g/mol. The molecule has 0 fully saturated rings. The van der Waals surface area contributed by atoms with Gasteiger partial charge in [0.05, 0.1) is 0 Å². The van der Waals surface area contributed by atoms with Gasteiger partial charge in [-0.2, -0.15) is 0 Å². The summed E-state index contributed by atoms with van der Waals surface area (Å²) in [5, 5.41) is 0. The van der Waals surface area contributed by atoms with Crippen LogP contribution in [0.1, 0.15) is 31.9 Å². The normalized spacial score (nSPS) is 11.0. The van der Waals surface area contributed by atoms with Crippen molar-refractivity contribution < 1.29 is 32.7 Å². The second-order valence-corrected chi connectivity index (χ2v) is 5.87. The van der Waals surface area contributed by atoms with Crippen LogP contribution in [-0.4, -0.2) is 0 Å². The van der Waals surface area contributed by atoms with Gasteiger partial charge >= 0.3 is 0 Å². The molecule has 0 bridgehead atoms. The molecular formula is C17H21N2Y-. The Morgan fingerprint density at radius 3 is 2.15 bits per heavy atom. The van der Waals surface area contributed by atoms with Crippen molar-refractivity contribution in [3.05, 3.63) is 65.1 Å². The zero-order valence-electron chi connectivity index (χ0n) is 12.4. The maximum Gasteiger partial charge on any atom is 0 e. The summed E-state index contributed by atoms with van der Waals surface area (Å²) >= 11 is 0. The molecule has 2 N–H and O–H groups in total. The molecular weight excluding hydrogens is 321 g/mol. The van der Waals surface area contributed by atoms with Crippen molar-refractivity contribution in [3.63, 3.8) is 0 Å². The van der Waals surface area contributed by atoms with Crippen molar-refractivity contribution in [2.24, 2.45) is 5.84 Å². The first-order valence-corrected chi connectivity index (χ1v) is 6.57. The molecule has 0 spiro atoms. The molecule has 0 heterocycles. The Bertz CT molecular complexity index is 559. The van der Waals surface area contributed by atoms with E-state index < -0.39 is 0 Å². The van der Waals surface area contributed by atoms with E-state index in [-0.39, 0.29) is 38.1 Å². The third-order valence-electron chi connectivity index (χ3n) is 3.26. The quantitative estimate of drug-likeness (QED) is 0.652. The summed E-state index contributed by atoms with van der Waals surface area (Å²) in [6.45, 7) is 7.26. The molecule has 0 atom stereocenters. The molecule has 0 saturated heterocycles. The van der Waals surface area contributed by atoms with Crippen molar-refractivity contribution >= 4 is 0 Å². The van der Waals surface area contributed by atoms with Gasteiger partial charge < -0.3 is 11.3 Å². The summed E-state index contributed by atoms with van der Waals surface area (Å²) in [5.41, 5.74) is 8.81. The summed E-state index contributed by atoms with van der Waals surface area (Å²) < 4.78 is 0. The van der Waals surface area contributed by atoms with Crippen molar-refractivity contribution in [2.45, 2.75) is 32.7 Å². The molecule has 3 heteroatoms. The van der Waals surface area contributed by atoms with Gasteiger partial charge in [0.15, 0.2) is 0 Å². The third kappa shape index (κ3) is 4.49. The Balaban J connectivity index is 0.00000200. The molecule has 0 aliphatic heterocycles. The summed E-state index contributed by atoms with van der Waals surface area (Å²) in [7, 11) is 0. The number of nitrogens with two attached hydrogens (primary N) is 1. The van der Waals surface area contributed by atoms with Crippen LogP contribution >= 0.6 is 0 Å². The van der Waals surface area contributed by atoms with Crippen molar-refractivity contribution in [1.29, 1.82) is 0 Å². The molecule has 1 radical (unpaired) electrons. The Labute approximate surface area is 147 Å². The Kier molecular flexibility index (Phi) is 6.54. The van der Waals surface area contributed by atoms with Crippen LogP contribution in [0.3, 0.4) is 0 Å². The van der Waals surface area contributed by atoms with Gasteiger partial charge in [-0.05, 0) is 22.1 Å². The number of rotatable bonds is 3. The minimum absolute atomic E-state index is 0. The molecule has 2 rings (SSSR count). The Morgan fingerprint density at radius 2 is 1.55 bits per heavy atom. The van der Waals surface area contributed by atoms with Crippen LogP contribution in [0.25, 0.3) is 16.6 Å². The zero-order valence-corrected chi connectivity index (χ0v) is 15.3. The van der Waals surface area contributed by atoms with Gasteiger partial charge in [-0.3, -0.25) is 0 Å². The molecule has 103 valence electrons. The standard InChI is InChI=1S/C17H21N2.Y/c1-17(2,3)16-9-5-8-15(11-16)14-7-4-6-13(10-14)12-19-18;/h4-11H,12,18H2,1-3H3;/q-1;. The minimum atomic E-state index is 0. The van der Waals surface area contributed by atoms with Crippen molar-refractivity contribution in [1.82, 2.24) is 0 Å². The van der Waals surface area contributed by atoms with Gasteiger partial charge in [0, 0.05) is 32.7 Å². The van der Waals surface area contributed by atoms with Crippen LogP contribution in [0, 0.1) is 0 Å². The first kappa shape index (κ1) is 17.5. The van der Waals surface area contributed by atoms with Crippen LogP contribution in [0.2, 0.25) is 0 Å². The fourth-order valence-electron chi connectivity index (χ4n) is 2.12. The van der Waals surface area contributed by atoms with E-state index in [1.807, 2.05) is 6.07 Å². The van der Waals surface area contributed by atoms with E-state index in [0.717, 1.165) is 5.56 Å². The summed E-state index contributed by atoms with van der Waals surface area (Å²) in [5.74, 6) is 5.26. The van der Waals surface area contributed by atoms with Crippen LogP contribution in [-0.2, 0) is 44.7 Å². The van der Waals surface area contributed by atoms with E-state index >= 15 is 0 Å². The first-order chi connectivity index (χ1) is 9.00. The molecule has 2 aromatic rings. The number of hydrogen-bond donors (Lipinski definition) is 1. The minimum Gasteiger partial charge on any atom is -0.596 e. The molecule has 2 aromatic carbocycles. The van der Waals surface area contributed by atoms with E-state index in [9.17, 15) is 0 Å². The van der Waals surface area contributed by atoms with Crippen molar-refractivity contribution in [3.8, 4) is 11.1 Å². The largest absolute Gasteiger partial charge is 0.596 e. The molecule has 0 aromatic heterocycles. The van der Waals surface area contributed by atoms with Gasteiger partial charge in [0.25, 0.3) is 0 Å². The maximum atomic E-state index is 5.26. The second kappa shape index (κ2) is 7.47. The van der Waals surface area contributed by atoms with Crippen LogP contribution in [0.5, 0.6) is 0 Å². The van der Waals surface area contributed by atoms with E-state index in [0.29, 0.717) is 6.54 Å². The van der Waals surface area contributed by atoms with E-state index in [1.54, 1.807) is 0 Å². The molecule has 0 aliphatic carbocycles. The Hall–Kier alpha value is -0.536. The van der Waals surface area contributed by atoms with Gasteiger partial charge in [-0.25, -0.2) is 0 Å². The topological polar surface area (TPSA) is 40.1 Å². The van der Waals surface area contributed by atoms with E-state index in [2.05, 4.69) is 68.7 Å². The van der Waals surface area contributed by atoms with E-state index in [4.69, 9.17) is 5.84 Å². The summed E-state index contributed by atoms with van der Waals surface area (Å²) in [6.07, 6.45) is 0. The molecule has 0 unspecified atom stereocenters. The average Bonchev–Trinajstić information content (AvgIpc) is 2.39. The SMILES string of the molecule is CC(C)(C)c1cccc(-c2cccc(C[N-]N)c2)c1.[Y]. The second-order valence-electron chi connectivity index (χ2n) is 5.87. The fraction of sp³-hybridized carbons (Fsp3) is 0.294. The fourth-order valence-corrected chi connectivity index (χ4v) is 2.12. The molecule has 0 saturated carbocycles. The third-order valence-corrected chi connectivity index (χ3v) is 3.26. The molecule has 2 nitrogen and oxygen atoms in total. The number of hydrogen-bond acceptors (Lipinski definition) is 1. The molecule has 20 heavy (non-hydrogen) atoms. The van der Waals surface area contributed by atoms with Crippen LogP contribution in [0.15, 0.2) is 48.5 Å².